The monoisotopic (exact) mass is 372 g/mol. The van der Waals surface area contributed by atoms with Crippen LogP contribution in [0.2, 0.25) is 0 Å². The highest BCUT2D eigenvalue weighted by Gasteiger charge is 2.25. The SMILES string of the molecule is Cc1c(F)cccc1NC(=O)C(=O)c1c(-c2ccccc2)[nH]c2ccccc12. The molecule has 0 aliphatic carbocycles. The van der Waals surface area contributed by atoms with Crippen LogP contribution in [0.1, 0.15) is 15.9 Å². The van der Waals surface area contributed by atoms with Crippen molar-refractivity contribution in [3.63, 3.8) is 0 Å². The quantitative estimate of drug-likeness (QED) is 0.386. The zero-order valence-corrected chi connectivity index (χ0v) is 15.1. The Hall–Kier alpha value is -3.73. The topological polar surface area (TPSA) is 62.0 Å². The Labute approximate surface area is 161 Å². The van der Waals surface area contributed by atoms with Gasteiger partial charge in [-0.2, -0.15) is 0 Å². The van der Waals surface area contributed by atoms with Crippen LogP contribution in [0.15, 0.2) is 72.8 Å². The molecule has 2 N–H and O–H groups in total. The van der Waals surface area contributed by atoms with Gasteiger partial charge in [0.05, 0.1) is 11.3 Å². The Morgan fingerprint density at radius 3 is 2.39 bits per heavy atom. The Balaban J connectivity index is 1.78. The van der Waals surface area contributed by atoms with E-state index in [0.717, 1.165) is 11.1 Å². The first-order valence-electron chi connectivity index (χ1n) is 8.83. The molecular formula is C23H17FN2O2. The molecule has 0 atom stereocenters. The number of hydrogen-bond donors (Lipinski definition) is 2. The molecule has 4 aromatic rings. The smallest absolute Gasteiger partial charge is 0.296 e. The van der Waals surface area contributed by atoms with Gasteiger partial charge < -0.3 is 10.3 Å². The third-order valence-electron chi connectivity index (χ3n) is 4.72. The van der Waals surface area contributed by atoms with E-state index < -0.39 is 17.5 Å². The maximum absolute atomic E-state index is 13.8. The maximum atomic E-state index is 13.8. The molecule has 0 aliphatic rings. The first kappa shape index (κ1) is 17.7. The van der Waals surface area contributed by atoms with Crippen LogP contribution in [0, 0.1) is 12.7 Å². The van der Waals surface area contributed by atoms with E-state index in [1.165, 1.54) is 12.1 Å². The van der Waals surface area contributed by atoms with E-state index in [2.05, 4.69) is 10.3 Å². The first-order chi connectivity index (χ1) is 13.6. The minimum atomic E-state index is -0.810. The summed E-state index contributed by atoms with van der Waals surface area (Å²) in [5.74, 6) is -1.93. The predicted octanol–water partition coefficient (Wildman–Crippen LogP) is 5.10. The van der Waals surface area contributed by atoms with Crippen molar-refractivity contribution in [1.29, 1.82) is 0 Å². The van der Waals surface area contributed by atoms with Gasteiger partial charge in [0.25, 0.3) is 11.7 Å². The summed E-state index contributed by atoms with van der Waals surface area (Å²) in [7, 11) is 0. The van der Waals surface area contributed by atoms with Crippen molar-refractivity contribution >= 4 is 28.3 Å². The molecule has 4 rings (SSSR count). The van der Waals surface area contributed by atoms with Crippen molar-refractivity contribution in [2.24, 2.45) is 0 Å². The number of amides is 1. The molecule has 3 aromatic carbocycles. The zero-order chi connectivity index (χ0) is 19.7. The van der Waals surface area contributed by atoms with Gasteiger partial charge >= 0.3 is 0 Å². The average molecular weight is 372 g/mol. The van der Waals surface area contributed by atoms with Crippen molar-refractivity contribution in [2.45, 2.75) is 6.92 Å². The Morgan fingerprint density at radius 1 is 0.893 bits per heavy atom. The number of benzene rings is 3. The third kappa shape index (κ3) is 3.07. The van der Waals surface area contributed by atoms with Crippen LogP contribution in [0.4, 0.5) is 10.1 Å². The van der Waals surface area contributed by atoms with Crippen molar-refractivity contribution in [1.82, 2.24) is 4.98 Å². The van der Waals surface area contributed by atoms with E-state index in [0.29, 0.717) is 16.6 Å². The molecule has 1 aromatic heterocycles. The van der Waals surface area contributed by atoms with E-state index in [1.54, 1.807) is 19.1 Å². The number of carbonyl (C=O) groups is 2. The number of nitrogens with one attached hydrogen (secondary N) is 2. The lowest BCUT2D eigenvalue weighted by Crippen LogP contribution is -2.23. The normalized spacial score (nSPS) is 10.8. The zero-order valence-electron chi connectivity index (χ0n) is 15.1. The summed E-state index contributed by atoms with van der Waals surface area (Å²) >= 11 is 0. The van der Waals surface area contributed by atoms with Crippen LogP contribution in [0.25, 0.3) is 22.2 Å². The molecule has 0 bridgehead atoms. The lowest BCUT2D eigenvalue weighted by molar-refractivity contribution is -0.112. The van der Waals surface area contributed by atoms with Crippen LogP contribution < -0.4 is 5.32 Å². The van der Waals surface area contributed by atoms with Crippen LogP contribution >= 0.6 is 0 Å². The lowest BCUT2D eigenvalue weighted by Gasteiger charge is -2.09. The first-order valence-corrected chi connectivity index (χ1v) is 8.83. The van der Waals surface area contributed by atoms with E-state index in [1.807, 2.05) is 48.5 Å². The fourth-order valence-corrected chi connectivity index (χ4v) is 3.23. The standard InChI is InChI=1S/C23H17FN2O2/c1-14-17(24)11-7-13-18(14)26-23(28)22(27)20-16-10-5-6-12-19(16)25-21(20)15-8-3-2-4-9-15/h2-13,25H,1H3,(H,26,28). The van der Waals surface area contributed by atoms with Crippen LogP contribution in [0.3, 0.4) is 0 Å². The number of Topliss-reactive ketones (excluding diaryl/α,β-unsaturated/α-hetero) is 1. The molecule has 0 saturated carbocycles. The van der Waals surface area contributed by atoms with Gasteiger partial charge in [-0.05, 0) is 30.7 Å². The molecule has 0 saturated heterocycles. The summed E-state index contributed by atoms with van der Waals surface area (Å²) < 4.78 is 13.8. The van der Waals surface area contributed by atoms with Crippen LogP contribution in [-0.4, -0.2) is 16.7 Å². The van der Waals surface area contributed by atoms with Gasteiger partial charge in [-0.15, -0.1) is 0 Å². The summed E-state index contributed by atoms with van der Waals surface area (Å²) in [6.07, 6.45) is 0. The molecule has 0 radical (unpaired) electrons. The third-order valence-corrected chi connectivity index (χ3v) is 4.72. The summed E-state index contributed by atoms with van der Waals surface area (Å²) in [6, 6.07) is 21.0. The molecule has 138 valence electrons. The highest BCUT2D eigenvalue weighted by atomic mass is 19.1. The molecule has 0 fully saturated rings. The number of carbonyl (C=O) groups excluding carboxylic acids is 2. The van der Waals surface area contributed by atoms with Gasteiger partial charge in [-0.25, -0.2) is 4.39 Å². The Kier molecular flexibility index (Phi) is 4.49. The minimum Gasteiger partial charge on any atom is -0.354 e. The summed E-state index contributed by atoms with van der Waals surface area (Å²) in [6.45, 7) is 1.55. The fourth-order valence-electron chi connectivity index (χ4n) is 3.23. The minimum absolute atomic E-state index is 0.277. The number of anilines is 1. The summed E-state index contributed by atoms with van der Waals surface area (Å²) in [4.78, 5) is 29.0. The van der Waals surface area contributed by atoms with Crippen molar-refractivity contribution in [2.75, 3.05) is 5.32 Å². The maximum Gasteiger partial charge on any atom is 0.296 e. The van der Waals surface area contributed by atoms with Gasteiger partial charge in [0.2, 0.25) is 0 Å². The number of H-pyrrole nitrogens is 1. The fraction of sp³-hybridized carbons (Fsp3) is 0.0435. The largest absolute Gasteiger partial charge is 0.354 e. The highest BCUT2D eigenvalue weighted by Crippen LogP contribution is 2.31. The molecule has 28 heavy (non-hydrogen) atoms. The predicted molar refractivity (Wildman–Crippen MR) is 108 cm³/mol. The van der Waals surface area contributed by atoms with Crippen molar-refractivity contribution < 1.29 is 14.0 Å². The second-order valence-corrected chi connectivity index (χ2v) is 6.48. The number of aromatic amines is 1. The Morgan fingerprint density at radius 2 is 1.61 bits per heavy atom. The number of rotatable bonds is 4. The van der Waals surface area contributed by atoms with Gasteiger partial charge in [-0.3, -0.25) is 9.59 Å². The number of ketones is 1. The number of aromatic nitrogens is 1. The average Bonchev–Trinajstić information content (AvgIpc) is 3.11. The number of para-hydroxylation sites is 1. The summed E-state index contributed by atoms with van der Waals surface area (Å²) in [5, 5.41) is 3.20. The molecule has 5 heteroatoms. The van der Waals surface area contributed by atoms with Crippen LogP contribution in [-0.2, 0) is 4.79 Å². The number of fused-ring (bicyclic) bond motifs is 1. The molecule has 0 unspecified atom stereocenters. The van der Waals surface area contributed by atoms with Gasteiger partial charge in [0, 0.05) is 22.2 Å². The van der Waals surface area contributed by atoms with Gasteiger partial charge in [0.1, 0.15) is 5.82 Å². The Bertz CT molecular complexity index is 1200. The molecule has 0 spiro atoms. The second-order valence-electron chi connectivity index (χ2n) is 6.48. The molecule has 1 heterocycles. The summed E-state index contributed by atoms with van der Waals surface area (Å²) in [5.41, 5.74) is 3.01. The van der Waals surface area contributed by atoms with E-state index in [9.17, 15) is 14.0 Å². The number of halogens is 1. The molecular weight excluding hydrogens is 355 g/mol. The van der Waals surface area contributed by atoms with Gasteiger partial charge in [0.15, 0.2) is 0 Å². The van der Waals surface area contributed by atoms with Crippen molar-refractivity contribution in [3.8, 4) is 11.3 Å². The van der Waals surface area contributed by atoms with Crippen LogP contribution in [0.5, 0.6) is 0 Å². The second kappa shape index (κ2) is 7.12. The van der Waals surface area contributed by atoms with E-state index in [4.69, 9.17) is 0 Å². The van der Waals surface area contributed by atoms with Gasteiger partial charge in [-0.1, -0.05) is 54.6 Å². The van der Waals surface area contributed by atoms with E-state index >= 15 is 0 Å². The lowest BCUT2D eigenvalue weighted by atomic mass is 10.0. The van der Waals surface area contributed by atoms with E-state index in [-0.39, 0.29) is 11.3 Å². The number of hydrogen-bond acceptors (Lipinski definition) is 2. The molecule has 4 nitrogen and oxygen atoms in total. The molecule has 0 aliphatic heterocycles. The highest BCUT2D eigenvalue weighted by molar-refractivity contribution is 6.49. The molecule has 1 amide bonds. The van der Waals surface area contributed by atoms with Crippen molar-refractivity contribution in [3.05, 3.63) is 89.7 Å².